The molecule has 202 valence electrons. The van der Waals surface area contributed by atoms with Gasteiger partial charge in [0, 0.05) is 17.6 Å². The minimum atomic E-state index is -4.20. The van der Waals surface area contributed by atoms with Crippen molar-refractivity contribution in [2.75, 3.05) is 10.8 Å². The number of anilines is 1. The van der Waals surface area contributed by atoms with Crippen molar-refractivity contribution in [3.8, 4) is 0 Å². The molecule has 10 heteroatoms. The molecule has 2 amide bonds. The van der Waals surface area contributed by atoms with Crippen LogP contribution in [-0.2, 0) is 26.2 Å². The maximum absolute atomic E-state index is 13.9. The van der Waals surface area contributed by atoms with Crippen LogP contribution >= 0.6 is 23.2 Å². The van der Waals surface area contributed by atoms with E-state index in [1.807, 2.05) is 45.0 Å². The first-order chi connectivity index (χ1) is 17.9. The first kappa shape index (κ1) is 29.5. The summed E-state index contributed by atoms with van der Waals surface area (Å²) in [6.07, 6.45) is 0. The number of halogens is 2. The number of amides is 2. The van der Waals surface area contributed by atoms with Gasteiger partial charge in [-0.1, -0.05) is 71.2 Å². The van der Waals surface area contributed by atoms with Crippen LogP contribution in [0.2, 0.25) is 10.0 Å². The summed E-state index contributed by atoms with van der Waals surface area (Å²) in [5.74, 6) is -0.912. The average molecular weight is 577 g/mol. The highest BCUT2D eigenvalue weighted by Crippen LogP contribution is 2.33. The fourth-order valence-corrected chi connectivity index (χ4v) is 5.81. The fraction of sp³-hybridized carbons (Fsp3) is 0.286. The molecule has 0 unspecified atom stereocenters. The Labute approximate surface area is 234 Å². The predicted octanol–water partition coefficient (Wildman–Crippen LogP) is 5.44. The van der Waals surface area contributed by atoms with Crippen LogP contribution in [0.25, 0.3) is 0 Å². The lowest BCUT2D eigenvalue weighted by molar-refractivity contribution is -0.139. The molecular formula is C28H31Cl2N3O4S. The van der Waals surface area contributed by atoms with Crippen LogP contribution in [0.1, 0.15) is 31.9 Å². The highest BCUT2D eigenvalue weighted by molar-refractivity contribution is 7.92. The summed E-state index contributed by atoms with van der Waals surface area (Å²) in [5.41, 5.74) is 1.95. The van der Waals surface area contributed by atoms with Crippen LogP contribution in [0.4, 0.5) is 5.69 Å². The van der Waals surface area contributed by atoms with Crippen LogP contribution in [0.15, 0.2) is 77.7 Å². The van der Waals surface area contributed by atoms with Crippen molar-refractivity contribution < 1.29 is 18.0 Å². The number of rotatable bonds is 10. The van der Waals surface area contributed by atoms with Gasteiger partial charge < -0.3 is 10.2 Å². The third-order valence-corrected chi connectivity index (χ3v) is 8.17. The van der Waals surface area contributed by atoms with Crippen molar-refractivity contribution in [2.45, 2.75) is 51.2 Å². The molecule has 7 nitrogen and oxygen atoms in total. The number of nitrogens with zero attached hydrogens (tertiary/aromatic N) is 2. The predicted molar refractivity (Wildman–Crippen MR) is 152 cm³/mol. The quantitative estimate of drug-likeness (QED) is 0.348. The summed E-state index contributed by atoms with van der Waals surface area (Å²) < 4.78 is 28.5. The van der Waals surface area contributed by atoms with Gasteiger partial charge in [0.25, 0.3) is 10.0 Å². The number of carbonyl (C=O) groups is 2. The van der Waals surface area contributed by atoms with E-state index in [2.05, 4.69) is 5.32 Å². The second-order valence-corrected chi connectivity index (χ2v) is 12.0. The summed E-state index contributed by atoms with van der Waals surface area (Å²) in [6.45, 7) is 6.76. The first-order valence-corrected chi connectivity index (χ1v) is 14.3. The lowest BCUT2D eigenvalue weighted by atomic mass is 10.1. The van der Waals surface area contributed by atoms with Gasteiger partial charge in [-0.25, -0.2) is 8.42 Å². The van der Waals surface area contributed by atoms with Crippen molar-refractivity contribution in [3.63, 3.8) is 0 Å². The summed E-state index contributed by atoms with van der Waals surface area (Å²) >= 11 is 12.5. The molecule has 0 aliphatic heterocycles. The molecule has 38 heavy (non-hydrogen) atoms. The molecule has 0 saturated carbocycles. The van der Waals surface area contributed by atoms with E-state index in [0.717, 1.165) is 15.4 Å². The van der Waals surface area contributed by atoms with Gasteiger partial charge in [0.1, 0.15) is 12.6 Å². The van der Waals surface area contributed by atoms with Gasteiger partial charge in [0.15, 0.2) is 0 Å². The van der Waals surface area contributed by atoms with E-state index < -0.39 is 28.5 Å². The van der Waals surface area contributed by atoms with Crippen LogP contribution < -0.4 is 9.62 Å². The fourth-order valence-electron chi connectivity index (χ4n) is 3.79. The second-order valence-electron chi connectivity index (χ2n) is 9.27. The number of hydrogen-bond acceptors (Lipinski definition) is 4. The number of carbonyl (C=O) groups excluding carboxylic acids is 2. The van der Waals surface area contributed by atoms with Gasteiger partial charge in [-0.15, -0.1) is 0 Å². The van der Waals surface area contributed by atoms with E-state index in [1.165, 1.54) is 35.2 Å². The number of aryl methyl sites for hydroxylation is 1. The summed E-state index contributed by atoms with van der Waals surface area (Å²) in [7, 11) is -4.20. The zero-order valence-corrected chi connectivity index (χ0v) is 24.0. The molecule has 3 rings (SSSR count). The zero-order chi connectivity index (χ0) is 28.0. The molecular weight excluding hydrogens is 545 g/mol. The number of sulfonamides is 1. The summed E-state index contributed by atoms with van der Waals surface area (Å²) in [5, 5.41) is 3.22. The molecule has 1 atom stereocenters. The smallest absolute Gasteiger partial charge is 0.264 e. The van der Waals surface area contributed by atoms with Gasteiger partial charge in [-0.3, -0.25) is 13.9 Å². The van der Waals surface area contributed by atoms with E-state index in [9.17, 15) is 18.0 Å². The Morgan fingerprint density at radius 3 is 2.13 bits per heavy atom. The lowest BCUT2D eigenvalue weighted by Gasteiger charge is -2.32. The van der Waals surface area contributed by atoms with E-state index in [1.54, 1.807) is 25.1 Å². The van der Waals surface area contributed by atoms with Crippen LogP contribution in [0.5, 0.6) is 0 Å². The van der Waals surface area contributed by atoms with Crippen LogP contribution in [0, 0.1) is 6.92 Å². The molecule has 0 aromatic heterocycles. The normalized spacial score (nSPS) is 12.2. The third-order valence-electron chi connectivity index (χ3n) is 5.86. The van der Waals surface area contributed by atoms with Gasteiger partial charge in [-0.05, 0) is 63.6 Å². The molecule has 0 spiro atoms. The van der Waals surface area contributed by atoms with Crippen molar-refractivity contribution in [3.05, 3.63) is 94.0 Å². The molecule has 0 aliphatic rings. The molecule has 1 N–H and O–H groups in total. The summed E-state index contributed by atoms with van der Waals surface area (Å²) in [6, 6.07) is 18.7. The van der Waals surface area contributed by atoms with Crippen molar-refractivity contribution in [2.24, 2.45) is 0 Å². The van der Waals surface area contributed by atoms with E-state index in [-0.39, 0.29) is 34.1 Å². The first-order valence-electron chi connectivity index (χ1n) is 12.1. The molecule has 0 aliphatic carbocycles. The van der Waals surface area contributed by atoms with E-state index in [4.69, 9.17) is 23.2 Å². The average Bonchev–Trinajstić information content (AvgIpc) is 2.87. The molecule has 0 radical (unpaired) electrons. The van der Waals surface area contributed by atoms with Gasteiger partial charge in [0.05, 0.1) is 15.6 Å². The Morgan fingerprint density at radius 2 is 1.55 bits per heavy atom. The minimum absolute atomic E-state index is 0.00509. The van der Waals surface area contributed by atoms with Gasteiger partial charge in [0.2, 0.25) is 11.8 Å². The van der Waals surface area contributed by atoms with Gasteiger partial charge >= 0.3 is 0 Å². The van der Waals surface area contributed by atoms with Crippen molar-refractivity contribution in [1.82, 2.24) is 10.2 Å². The zero-order valence-electron chi connectivity index (χ0n) is 21.7. The third kappa shape index (κ3) is 7.28. The molecule has 3 aromatic rings. The van der Waals surface area contributed by atoms with Crippen LogP contribution in [0.3, 0.4) is 0 Å². The lowest BCUT2D eigenvalue weighted by Crippen LogP contribution is -2.52. The molecule has 0 fully saturated rings. The van der Waals surface area contributed by atoms with Crippen molar-refractivity contribution >= 4 is 50.7 Å². The molecule has 0 saturated heterocycles. The monoisotopic (exact) mass is 575 g/mol. The maximum atomic E-state index is 13.9. The van der Waals surface area contributed by atoms with Crippen molar-refractivity contribution in [1.29, 1.82) is 0 Å². The number of benzene rings is 3. The minimum Gasteiger partial charge on any atom is -0.352 e. The Morgan fingerprint density at radius 1 is 0.921 bits per heavy atom. The number of nitrogens with one attached hydrogen (secondary N) is 1. The highest BCUT2D eigenvalue weighted by atomic mass is 35.5. The standard InChI is InChI=1S/C28H31Cl2N3O4S/c1-19(2)31-28(35)21(4)32(17-22-12-10-20(3)11-13-22)27(34)18-33(26-15-14-23(29)16-25(26)30)38(36,37)24-8-6-5-7-9-24/h5-16,19,21H,17-18H2,1-4H3,(H,31,35)/t21-/m1/s1. The highest BCUT2D eigenvalue weighted by Gasteiger charge is 2.33. The van der Waals surface area contributed by atoms with E-state index >= 15 is 0 Å². The Hall–Kier alpha value is -3.07. The largest absolute Gasteiger partial charge is 0.352 e. The van der Waals surface area contributed by atoms with Crippen LogP contribution in [-0.4, -0.2) is 43.8 Å². The Balaban J connectivity index is 2.05. The van der Waals surface area contributed by atoms with Gasteiger partial charge in [-0.2, -0.15) is 0 Å². The SMILES string of the molecule is Cc1ccc(CN(C(=O)CN(c2ccc(Cl)cc2Cl)S(=O)(=O)c2ccccc2)[C@H](C)C(=O)NC(C)C)cc1. The molecule has 0 heterocycles. The molecule has 0 bridgehead atoms. The Kier molecular flexibility index (Phi) is 9.82. The maximum Gasteiger partial charge on any atom is 0.264 e. The molecule has 3 aromatic carbocycles. The van der Waals surface area contributed by atoms with E-state index in [0.29, 0.717) is 5.02 Å². The topological polar surface area (TPSA) is 86.8 Å². The Bertz CT molecular complexity index is 1380. The summed E-state index contributed by atoms with van der Waals surface area (Å²) in [4.78, 5) is 28.2. The second kappa shape index (κ2) is 12.7. The number of hydrogen-bond donors (Lipinski definition) is 1.